The van der Waals surface area contributed by atoms with Crippen LogP contribution < -0.4 is 0 Å². The number of rotatable bonds is 7. The van der Waals surface area contributed by atoms with Gasteiger partial charge in [-0.1, -0.05) is 26.7 Å². The predicted octanol–water partition coefficient (Wildman–Crippen LogP) is 2.74. The minimum atomic E-state index is -3.34. The zero-order chi connectivity index (χ0) is 14.5. The highest BCUT2D eigenvalue weighted by Gasteiger charge is 2.34. The highest BCUT2D eigenvalue weighted by molar-refractivity contribution is 7.91. The van der Waals surface area contributed by atoms with Crippen molar-refractivity contribution in [1.29, 1.82) is 0 Å². The molecule has 0 saturated carbocycles. The van der Waals surface area contributed by atoms with Crippen molar-refractivity contribution in [2.24, 2.45) is 0 Å². The van der Waals surface area contributed by atoms with Gasteiger partial charge in [-0.15, -0.1) is 6.42 Å². The van der Waals surface area contributed by atoms with Gasteiger partial charge in [-0.05, 0) is 25.0 Å². The summed E-state index contributed by atoms with van der Waals surface area (Å²) in [4.78, 5) is 0. The molecular formula is C14H20O4S. The molecule has 0 atom stereocenters. The number of terminal acetylenes is 1. The molecule has 1 aromatic heterocycles. The average Bonchev–Trinajstić information content (AvgIpc) is 2.92. The Morgan fingerprint density at radius 3 is 2.42 bits per heavy atom. The third-order valence-corrected chi connectivity index (χ3v) is 4.88. The minimum Gasteiger partial charge on any atom is -0.447 e. The summed E-state index contributed by atoms with van der Waals surface area (Å²) in [6.07, 6.45) is 6.53. The smallest absolute Gasteiger partial charge is 0.218 e. The lowest BCUT2D eigenvalue weighted by molar-refractivity contribution is -0.0574. The molecule has 0 N–H and O–H groups in total. The zero-order valence-electron chi connectivity index (χ0n) is 11.6. The normalized spacial score (nSPS) is 12.3. The number of sulfone groups is 1. The standard InChI is InChI=1S/C14H20O4S/c1-5-11-17-14(6-2,7-3)12-9-10-13(18-12)19(15,16)8-4/h1,9-10H,6-8,11H2,2-4H3. The van der Waals surface area contributed by atoms with E-state index in [0.717, 1.165) is 0 Å². The number of furan rings is 1. The van der Waals surface area contributed by atoms with Crippen LogP contribution in [0.2, 0.25) is 0 Å². The maximum atomic E-state index is 11.8. The first kappa shape index (κ1) is 15.8. The van der Waals surface area contributed by atoms with Gasteiger partial charge in [0.2, 0.25) is 14.9 Å². The van der Waals surface area contributed by atoms with Crippen molar-refractivity contribution in [3.05, 3.63) is 17.9 Å². The van der Waals surface area contributed by atoms with Crippen LogP contribution in [0.15, 0.2) is 21.6 Å². The van der Waals surface area contributed by atoms with Gasteiger partial charge in [0.05, 0.1) is 5.75 Å². The maximum absolute atomic E-state index is 11.8. The van der Waals surface area contributed by atoms with E-state index in [4.69, 9.17) is 15.6 Å². The third-order valence-electron chi connectivity index (χ3n) is 3.29. The molecule has 0 aliphatic carbocycles. The first-order valence-corrected chi connectivity index (χ1v) is 8.01. The van der Waals surface area contributed by atoms with Crippen LogP contribution in [-0.4, -0.2) is 20.8 Å². The van der Waals surface area contributed by atoms with Crippen LogP contribution in [0, 0.1) is 12.3 Å². The van der Waals surface area contributed by atoms with Gasteiger partial charge in [0.1, 0.15) is 18.0 Å². The highest BCUT2D eigenvalue weighted by Crippen LogP contribution is 2.35. The second-order valence-corrected chi connectivity index (χ2v) is 6.43. The fraction of sp³-hybridized carbons (Fsp3) is 0.571. The molecule has 0 unspecified atom stereocenters. The molecule has 0 aliphatic rings. The van der Waals surface area contributed by atoms with Crippen LogP contribution >= 0.6 is 0 Å². The monoisotopic (exact) mass is 284 g/mol. The average molecular weight is 284 g/mol. The molecule has 0 aliphatic heterocycles. The van der Waals surface area contributed by atoms with Crippen LogP contribution in [0.3, 0.4) is 0 Å². The van der Waals surface area contributed by atoms with Crippen LogP contribution in [0.5, 0.6) is 0 Å². The van der Waals surface area contributed by atoms with E-state index in [1.807, 2.05) is 13.8 Å². The van der Waals surface area contributed by atoms with Gasteiger partial charge in [0.25, 0.3) is 0 Å². The van der Waals surface area contributed by atoms with Gasteiger partial charge in [-0.25, -0.2) is 8.42 Å². The van der Waals surface area contributed by atoms with E-state index in [-0.39, 0.29) is 17.5 Å². The molecule has 0 radical (unpaired) electrons. The Morgan fingerprint density at radius 2 is 1.95 bits per heavy atom. The molecule has 1 rings (SSSR count). The molecule has 19 heavy (non-hydrogen) atoms. The Balaban J connectivity index is 3.16. The molecule has 0 bridgehead atoms. The summed E-state index contributed by atoms with van der Waals surface area (Å²) < 4.78 is 34.7. The summed E-state index contributed by atoms with van der Waals surface area (Å²) in [7, 11) is -3.34. The summed E-state index contributed by atoms with van der Waals surface area (Å²) in [5, 5.41) is -0.0133. The lowest BCUT2D eigenvalue weighted by atomic mass is 9.94. The first-order valence-electron chi connectivity index (χ1n) is 6.36. The molecule has 0 spiro atoms. The maximum Gasteiger partial charge on any atom is 0.218 e. The summed E-state index contributed by atoms with van der Waals surface area (Å²) in [5.41, 5.74) is -0.659. The molecule has 5 heteroatoms. The van der Waals surface area contributed by atoms with Crippen molar-refractivity contribution in [2.75, 3.05) is 12.4 Å². The van der Waals surface area contributed by atoms with Gasteiger partial charge >= 0.3 is 0 Å². The highest BCUT2D eigenvalue weighted by atomic mass is 32.2. The summed E-state index contributed by atoms with van der Waals surface area (Å²) in [6.45, 7) is 5.66. The quantitative estimate of drug-likeness (QED) is 0.722. The van der Waals surface area contributed by atoms with E-state index in [1.54, 1.807) is 13.0 Å². The van der Waals surface area contributed by atoms with Crippen molar-refractivity contribution in [1.82, 2.24) is 0 Å². The zero-order valence-corrected chi connectivity index (χ0v) is 12.4. The fourth-order valence-corrected chi connectivity index (χ4v) is 2.70. The second-order valence-electron chi connectivity index (χ2n) is 4.22. The van der Waals surface area contributed by atoms with Crippen molar-refractivity contribution in [2.45, 2.75) is 44.3 Å². The largest absolute Gasteiger partial charge is 0.447 e. The van der Waals surface area contributed by atoms with Gasteiger partial charge < -0.3 is 9.15 Å². The predicted molar refractivity (Wildman–Crippen MR) is 73.5 cm³/mol. The first-order chi connectivity index (χ1) is 8.95. The van der Waals surface area contributed by atoms with Crippen molar-refractivity contribution >= 4 is 9.84 Å². The Morgan fingerprint density at radius 1 is 1.32 bits per heavy atom. The molecule has 4 nitrogen and oxygen atoms in total. The lowest BCUT2D eigenvalue weighted by Crippen LogP contribution is -2.28. The van der Waals surface area contributed by atoms with E-state index < -0.39 is 15.4 Å². The van der Waals surface area contributed by atoms with Gasteiger partial charge in [0, 0.05) is 0 Å². The number of ether oxygens (including phenoxy) is 1. The topological polar surface area (TPSA) is 56.5 Å². The van der Waals surface area contributed by atoms with Crippen LogP contribution in [-0.2, 0) is 20.2 Å². The Labute approximate surface area is 115 Å². The molecule has 0 aromatic carbocycles. The lowest BCUT2D eigenvalue weighted by Gasteiger charge is -2.28. The SMILES string of the molecule is C#CCOC(CC)(CC)c1ccc(S(=O)(=O)CC)o1. The van der Waals surface area contributed by atoms with E-state index in [0.29, 0.717) is 18.6 Å². The van der Waals surface area contributed by atoms with Crippen LogP contribution in [0.25, 0.3) is 0 Å². The Bertz CT molecular complexity index is 544. The van der Waals surface area contributed by atoms with E-state index in [1.165, 1.54) is 6.07 Å². The van der Waals surface area contributed by atoms with Crippen LogP contribution in [0.1, 0.15) is 39.4 Å². The summed E-state index contributed by atoms with van der Waals surface area (Å²) in [5.74, 6) is 2.95. The van der Waals surface area contributed by atoms with Crippen molar-refractivity contribution in [3.8, 4) is 12.3 Å². The van der Waals surface area contributed by atoms with E-state index in [9.17, 15) is 8.42 Å². The molecule has 1 heterocycles. The summed E-state index contributed by atoms with van der Waals surface area (Å²) in [6, 6.07) is 3.14. The molecule has 0 fully saturated rings. The van der Waals surface area contributed by atoms with Gasteiger partial charge in [0.15, 0.2) is 0 Å². The minimum absolute atomic E-state index is 0.0103. The number of hydrogen-bond donors (Lipinski definition) is 0. The third kappa shape index (κ3) is 3.20. The van der Waals surface area contributed by atoms with Crippen LogP contribution in [0.4, 0.5) is 0 Å². The Kier molecular flexibility index (Phi) is 5.21. The van der Waals surface area contributed by atoms with Crippen molar-refractivity contribution in [3.63, 3.8) is 0 Å². The molecule has 0 saturated heterocycles. The van der Waals surface area contributed by atoms with Crippen molar-refractivity contribution < 1.29 is 17.6 Å². The molecular weight excluding hydrogens is 264 g/mol. The molecule has 0 amide bonds. The number of hydrogen-bond acceptors (Lipinski definition) is 4. The van der Waals surface area contributed by atoms with E-state index in [2.05, 4.69) is 5.92 Å². The summed E-state index contributed by atoms with van der Waals surface area (Å²) >= 11 is 0. The Hall–Kier alpha value is -1.25. The molecule has 106 valence electrons. The molecule has 1 aromatic rings. The van der Waals surface area contributed by atoms with Gasteiger partial charge in [-0.2, -0.15) is 0 Å². The second kappa shape index (κ2) is 6.27. The van der Waals surface area contributed by atoms with E-state index >= 15 is 0 Å². The fourth-order valence-electron chi connectivity index (χ4n) is 1.93. The van der Waals surface area contributed by atoms with Gasteiger partial charge in [-0.3, -0.25) is 0 Å².